The molecule has 122 valence electrons. The van der Waals surface area contributed by atoms with Crippen LogP contribution >= 0.6 is 23.5 Å². The molecule has 1 saturated heterocycles. The average Bonchev–Trinajstić information content (AvgIpc) is 3.15. The molecule has 1 amide bonds. The van der Waals surface area contributed by atoms with Crippen LogP contribution in [-0.4, -0.2) is 17.4 Å². The molecule has 1 aliphatic rings. The standard InChI is InChI=1S/C19H18N2OS2/c20-13-15-6-4-14(5-7-15)8-9-18(22)21-17-3-1-2-16(12-17)19-23-10-11-24-19/h1-7,12,19H,8-11H2,(H,21,22). The van der Waals surface area contributed by atoms with Crippen molar-refractivity contribution in [2.45, 2.75) is 17.4 Å². The summed E-state index contributed by atoms with van der Waals surface area (Å²) in [5.74, 6) is 2.40. The van der Waals surface area contributed by atoms with Gasteiger partial charge in [0, 0.05) is 23.6 Å². The number of carbonyl (C=O) groups is 1. The number of hydrogen-bond donors (Lipinski definition) is 1. The van der Waals surface area contributed by atoms with Crippen molar-refractivity contribution < 1.29 is 4.79 Å². The van der Waals surface area contributed by atoms with Crippen molar-refractivity contribution in [3.63, 3.8) is 0 Å². The molecular weight excluding hydrogens is 336 g/mol. The second-order valence-electron chi connectivity index (χ2n) is 5.56. The van der Waals surface area contributed by atoms with Crippen molar-refractivity contribution in [3.8, 4) is 6.07 Å². The molecule has 2 aromatic carbocycles. The van der Waals surface area contributed by atoms with E-state index < -0.39 is 0 Å². The first kappa shape index (κ1) is 16.9. The Balaban J connectivity index is 1.54. The highest BCUT2D eigenvalue weighted by molar-refractivity contribution is 8.19. The van der Waals surface area contributed by atoms with Crippen LogP contribution in [-0.2, 0) is 11.2 Å². The first-order valence-corrected chi connectivity index (χ1v) is 9.96. The molecule has 5 heteroatoms. The van der Waals surface area contributed by atoms with Gasteiger partial charge in [0.15, 0.2) is 0 Å². The highest BCUT2D eigenvalue weighted by Crippen LogP contribution is 2.45. The first-order chi connectivity index (χ1) is 11.7. The fourth-order valence-electron chi connectivity index (χ4n) is 2.54. The highest BCUT2D eigenvalue weighted by atomic mass is 32.2. The van der Waals surface area contributed by atoms with Crippen LogP contribution in [0.3, 0.4) is 0 Å². The van der Waals surface area contributed by atoms with Gasteiger partial charge in [-0.15, -0.1) is 23.5 Å². The number of amides is 1. The normalized spacial score (nSPS) is 14.3. The number of nitrogens with zero attached hydrogens (tertiary/aromatic N) is 1. The Bertz CT molecular complexity index is 747. The summed E-state index contributed by atoms with van der Waals surface area (Å²) in [6, 6.07) is 17.6. The van der Waals surface area contributed by atoms with Gasteiger partial charge in [-0.25, -0.2) is 0 Å². The van der Waals surface area contributed by atoms with Crippen LogP contribution in [0, 0.1) is 11.3 Å². The van der Waals surface area contributed by atoms with Gasteiger partial charge in [0.2, 0.25) is 5.91 Å². The van der Waals surface area contributed by atoms with Gasteiger partial charge in [0.05, 0.1) is 16.2 Å². The second kappa shape index (κ2) is 8.27. The summed E-state index contributed by atoms with van der Waals surface area (Å²) in [7, 11) is 0. The lowest BCUT2D eigenvalue weighted by Crippen LogP contribution is -2.12. The number of thioether (sulfide) groups is 2. The molecule has 0 radical (unpaired) electrons. The predicted octanol–water partition coefficient (Wildman–Crippen LogP) is 4.61. The minimum Gasteiger partial charge on any atom is -0.326 e. The SMILES string of the molecule is N#Cc1ccc(CCC(=O)Nc2cccc(C3SCCS3)c2)cc1. The number of carbonyl (C=O) groups excluding carboxylic acids is 1. The van der Waals surface area contributed by atoms with Crippen molar-refractivity contribution in [2.75, 3.05) is 16.8 Å². The lowest BCUT2D eigenvalue weighted by molar-refractivity contribution is -0.116. The molecule has 1 aliphatic heterocycles. The lowest BCUT2D eigenvalue weighted by Gasteiger charge is -2.11. The van der Waals surface area contributed by atoms with Crippen molar-refractivity contribution >= 4 is 35.1 Å². The van der Waals surface area contributed by atoms with Gasteiger partial charge in [-0.3, -0.25) is 4.79 Å². The number of rotatable bonds is 5. The molecule has 0 saturated carbocycles. The Morgan fingerprint density at radius 2 is 1.92 bits per heavy atom. The van der Waals surface area contributed by atoms with Gasteiger partial charge < -0.3 is 5.32 Å². The molecule has 24 heavy (non-hydrogen) atoms. The third-order valence-corrected chi connectivity index (χ3v) is 6.89. The largest absolute Gasteiger partial charge is 0.326 e. The van der Waals surface area contributed by atoms with Gasteiger partial charge in [0.1, 0.15) is 0 Å². The molecule has 0 atom stereocenters. The molecule has 0 bridgehead atoms. The molecule has 0 spiro atoms. The zero-order valence-corrected chi connectivity index (χ0v) is 14.8. The summed E-state index contributed by atoms with van der Waals surface area (Å²) >= 11 is 3.92. The minimum absolute atomic E-state index is 0.0169. The lowest BCUT2D eigenvalue weighted by atomic mass is 10.1. The zero-order chi connectivity index (χ0) is 16.8. The van der Waals surface area contributed by atoms with Crippen LogP contribution in [0.4, 0.5) is 5.69 Å². The molecule has 0 unspecified atom stereocenters. The number of nitrogens with one attached hydrogen (secondary N) is 1. The third-order valence-electron chi connectivity index (χ3n) is 3.79. The fourth-order valence-corrected chi connectivity index (χ4v) is 5.38. The summed E-state index contributed by atoms with van der Waals surface area (Å²) in [5.41, 5.74) is 3.84. The second-order valence-corrected chi connectivity index (χ2v) is 8.28. The van der Waals surface area contributed by atoms with Crippen LogP contribution in [0.2, 0.25) is 0 Å². The summed E-state index contributed by atoms with van der Waals surface area (Å²) in [6.45, 7) is 0. The average molecular weight is 355 g/mol. The molecular formula is C19H18N2OS2. The number of aryl methyl sites for hydroxylation is 1. The summed E-state index contributed by atoms with van der Waals surface area (Å²) in [5, 5.41) is 11.8. The molecule has 2 aromatic rings. The number of anilines is 1. The van der Waals surface area contributed by atoms with E-state index in [1.54, 1.807) is 12.1 Å². The Morgan fingerprint density at radius 1 is 1.17 bits per heavy atom. The highest BCUT2D eigenvalue weighted by Gasteiger charge is 2.18. The maximum absolute atomic E-state index is 12.2. The third kappa shape index (κ3) is 4.56. The predicted molar refractivity (Wildman–Crippen MR) is 102 cm³/mol. The molecule has 1 N–H and O–H groups in total. The van der Waals surface area contributed by atoms with Gasteiger partial charge in [-0.2, -0.15) is 5.26 Å². The number of hydrogen-bond acceptors (Lipinski definition) is 4. The quantitative estimate of drug-likeness (QED) is 0.852. The van der Waals surface area contributed by atoms with E-state index in [4.69, 9.17) is 5.26 Å². The van der Waals surface area contributed by atoms with E-state index in [0.29, 0.717) is 23.0 Å². The monoisotopic (exact) mass is 354 g/mol. The maximum atomic E-state index is 12.2. The van der Waals surface area contributed by atoms with Crippen molar-refractivity contribution in [3.05, 3.63) is 65.2 Å². The van der Waals surface area contributed by atoms with Crippen LogP contribution in [0.5, 0.6) is 0 Å². The van der Waals surface area contributed by atoms with Crippen LogP contribution in [0.25, 0.3) is 0 Å². The van der Waals surface area contributed by atoms with E-state index >= 15 is 0 Å². The Kier molecular flexibility index (Phi) is 5.84. The van der Waals surface area contributed by atoms with Crippen molar-refractivity contribution in [1.82, 2.24) is 0 Å². The molecule has 1 fully saturated rings. The van der Waals surface area contributed by atoms with Crippen LogP contribution < -0.4 is 5.32 Å². The fraction of sp³-hybridized carbons (Fsp3) is 0.263. The molecule has 3 nitrogen and oxygen atoms in total. The Morgan fingerprint density at radius 3 is 2.62 bits per heavy atom. The summed E-state index contributed by atoms with van der Waals surface area (Å²) in [6.07, 6.45) is 1.11. The smallest absolute Gasteiger partial charge is 0.224 e. The van der Waals surface area contributed by atoms with Gasteiger partial charge >= 0.3 is 0 Å². The van der Waals surface area contributed by atoms with E-state index in [0.717, 1.165) is 11.3 Å². The van der Waals surface area contributed by atoms with E-state index in [2.05, 4.69) is 23.5 Å². The van der Waals surface area contributed by atoms with Crippen molar-refractivity contribution in [1.29, 1.82) is 5.26 Å². The van der Waals surface area contributed by atoms with Gasteiger partial charge in [-0.05, 0) is 41.8 Å². The summed E-state index contributed by atoms with van der Waals surface area (Å²) < 4.78 is 0.487. The van der Waals surface area contributed by atoms with E-state index in [9.17, 15) is 4.79 Å². The van der Waals surface area contributed by atoms with E-state index in [-0.39, 0.29) is 5.91 Å². The summed E-state index contributed by atoms with van der Waals surface area (Å²) in [4.78, 5) is 12.2. The molecule has 0 aromatic heterocycles. The van der Waals surface area contributed by atoms with E-state index in [1.165, 1.54) is 17.1 Å². The molecule has 3 rings (SSSR count). The van der Waals surface area contributed by atoms with Gasteiger partial charge in [-0.1, -0.05) is 24.3 Å². The Labute approximate surface area is 150 Å². The maximum Gasteiger partial charge on any atom is 0.224 e. The van der Waals surface area contributed by atoms with Crippen LogP contribution in [0.15, 0.2) is 48.5 Å². The minimum atomic E-state index is 0.0169. The van der Waals surface area contributed by atoms with Crippen LogP contribution in [0.1, 0.15) is 27.7 Å². The zero-order valence-electron chi connectivity index (χ0n) is 13.2. The molecule has 1 heterocycles. The van der Waals surface area contributed by atoms with Crippen molar-refractivity contribution in [2.24, 2.45) is 0 Å². The topological polar surface area (TPSA) is 52.9 Å². The van der Waals surface area contributed by atoms with E-state index in [1.807, 2.05) is 47.8 Å². The first-order valence-electron chi connectivity index (χ1n) is 7.87. The number of benzene rings is 2. The molecule has 0 aliphatic carbocycles. The Hall–Kier alpha value is -1.90. The number of nitriles is 1. The van der Waals surface area contributed by atoms with Gasteiger partial charge in [0.25, 0.3) is 0 Å².